The van der Waals surface area contributed by atoms with Gasteiger partial charge in [-0.3, -0.25) is 4.79 Å². The fourth-order valence-corrected chi connectivity index (χ4v) is 6.04. The summed E-state index contributed by atoms with van der Waals surface area (Å²) in [5.74, 6) is 1.36. The number of nitrogens with zero attached hydrogens (tertiary/aromatic N) is 1. The van der Waals surface area contributed by atoms with Crippen LogP contribution in [0.25, 0.3) is 0 Å². The van der Waals surface area contributed by atoms with Crippen molar-refractivity contribution in [2.45, 2.75) is 97.1 Å². The molecule has 1 saturated carbocycles. The normalized spacial score (nSPS) is 27.1. The van der Waals surface area contributed by atoms with E-state index in [4.69, 9.17) is 0 Å². The average Bonchev–Trinajstić information content (AvgIpc) is 3.57. The quantitative estimate of drug-likeness (QED) is 0.369. The predicted molar refractivity (Wildman–Crippen MR) is 135 cm³/mol. The summed E-state index contributed by atoms with van der Waals surface area (Å²) >= 11 is 0. The Morgan fingerprint density at radius 3 is 2.61 bits per heavy atom. The fourth-order valence-electron chi connectivity index (χ4n) is 6.04. The van der Waals surface area contributed by atoms with E-state index in [1.165, 1.54) is 30.5 Å². The molecule has 4 atom stereocenters. The highest BCUT2D eigenvalue weighted by molar-refractivity contribution is 5.73. The van der Waals surface area contributed by atoms with Crippen LogP contribution in [0.1, 0.15) is 83.8 Å². The van der Waals surface area contributed by atoms with Crippen LogP contribution in [0.2, 0.25) is 0 Å². The van der Waals surface area contributed by atoms with Gasteiger partial charge < -0.3 is 20.4 Å². The van der Waals surface area contributed by atoms with Gasteiger partial charge in [0, 0.05) is 18.0 Å². The van der Waals surface area contributed by atoms with Gasteiger partial charge in [-0.1, -0.05) is 33.3 Å². The SMILES string of the molecule is Cc1ccc(O)cc1C1(CCCCN[C@@H](CC(C)C)C(=O)O)CCN(CC2CC2)C(C)[C@@H]1C. The van der Waals surface area contributed by atoms with Crippen molar-refractivity contribution in [3.8, 4) is 5.75 Å². The zero-order valence-corrected chi connectivity index (χ0v) is 21.4. The highest BCUT2D eigenvalue weighted by Gasteiger charge is 2.46. The third-order valence-electron chi connectivity index (χ3n) is 8.41. The second-order valence-electron chi connectivity index (χ2n) is 11.3. The van der Waals surface area contributed by atoms with Crippen LogP contribution in [0.3, 0.4) is 0 Å². The molecule has 33 heavy (non-hydrogen) atoms. The van der Waals surface area contributed by atoms with Crippen LogP contribution >= 0.6 is 0 Å². The Balaban J connectivity index is 1.69. The van der Waals surface area contributed by atoms with E-state index in [0.717, 1.165) is 44.7 Å². The molecule has 0 spiro atoms. The highest BCUT2D eigenvalue weighted by atomic mass is 16.4. The molecule has 0 amide bonds. The number of aliphatic carboxylic acids is 1. The summed E-state index contributed by atoms with van der Waals surface area (Å²) in [5, 5.41) is 23.1. The van der Waals surface area contributed by atoms with Gasteiger partial charge >= 0.3 is 5.97 Å². The standard InChI is InChI=1S/C28H46N2O3/c1-19(2)16-26(27(32)33)29-14-7-6-12-28(25-17-24(31)11-8-20(25)3)13-15-30(18-23-9-10-23)22(5)21(28)4/h8,11,17,19,21-23,26,29,31H,6-7,9-10,12-16,18H2,1-5H3,(H,32,33)/t21-,22?,26-,28?/m0/s1. The Morgan fingerprint density at radius 2 is 1.97 bits per heavy atom. The van der Waals surface area contributed by atoms with Gasteiger partial charge in [0.1, 0.15) is 11.8 Å². The molecule has 1 aromatic rings. The molecule has 1 heterocycles. The Bertz CT molecular complexity index is 791. The number of nitrogens with one attached hydrogen (secondary N) is 1. The summed E-state index contributed by atoms with van der Waals surface area (Å²) in [6, 6.07) is 5.92. The minimum atomic E-state index is -0.749. The molecular weight excluding hydrogens is 412 g/mol. The lowest BCUT2D eigenvalue weighted by molar-refractivity contribution is -0.139. The first-order valence-corrected chi connectivity index (χ1v) is 13.1. The number of likely N-dealkylation sites (tertiary alicyclic amines) is 1. The number of benzene rings is 1. The summed E-state index contributed by atoms with van der Waals surface area (Å²) in [7, 11) is 0. The maximum atomic E-state index is 11.6. The van der Waals surface area contributed by atoms with Crippen molar-refractivity contribution in [1.82, 2.24) is 10.2 Å². The molecule has 5 heteroatoms. The van der Waals surface area contributed by atoms with E-state index in [2.05, 4.69) is 50.9 Å². The van der Waals surface area contributed by atoms with E-state index in [0.29, 0.717) is 30.0 Å². The van der Waals surface area contributed by atoms with E-state index in [1.807, 2.05) is 6.07 Å². The number of hydrogen-bond donors (Lipinski definition) is 3. The third kappa shape index (κ3) is 6.51. The monoisotopic (exact) mass is 458 g/mol. The number of phenolic OH excluding ortho intramolecular Hbond substituents is 1. The molecule has 0 bridgehead atoms. The molecule has 0 radical (unpaired) electrons. The first-order chi connectivity index (χ1) is 15.6. The van der Waals surface area contributed by atoms with Gasteiger partial charge in [-0.25, -0.2) is 0 Å². The lowest BCUT2D eigenvalue weighted by Crippen LogP contribution is -2.54. The zero-order chi connectivity index (χ0) is 24.2. The van der Waals surface area contributed by atoms with Gasteiger partial charge in [0.05, 0.1) is 0 Å². The van der Waals surface area contributed by atoms with Crippen molar-refractivity contribution >= 4 is 5.97 Å². The summed E-state index contributed by atoms with van der Waals surface area (Å²) in [5.41, 5.74) is 2.62. The molecule has 2 fully saturated rings. The molecule has 1 aliphatic heterocycles. The Morgan fingerprint density at radius 1 is 1.24 bits per heavy atom. The molecule has 2 aliphatic rings. The van der Waals surface area contributed by atoms with Crippen LogP contribution < -0.4 is 5.32 Å². The fraction of sp³-hybridized carbons (Fsp3) is 0.750. The number of hydrogen-bond acceptors (Lipinski definition) is 4. The molecular formula is C28H46N2O3. The van der Waals surface area contributed by atoms with Gasteiger partial charge in [0.2, 0.25) is 0 Å². The second kappa shape index (κ2) is 11.2. The van der Waals surface area contributed by atoms with E-state index < -0.39 is 12.0 Å². The number of carbonyl (C=O) groups is 1. The first kappa shape index (κ1) is 26.0. The number of aromatic hydroxyl groups is 1. The number of unbranched alkanes of at least 4 members (excludes halogenated alkanes) is 1. The molecule has 3 rings (SSSR count). The maximum absolute atomic E-state index is 11.6. The van der Waals surface area contributed by atoms with Crippen molar-refractivity contribution < 1.29 is 15.0 Å². The van der Waals surface area contributed by atoms with Gasteiger partial charge in [-0.2, -0.15) is 0 Å². The smallest absolute Gasteiger partial charge is 0.320 e. The molecule has 3 N–H and O–H groups in total. The highest BCUT2D eigenvalue weighted by Crippen LogP contribution is 2.48. The first-order valence-electron chi connectivity index (χ1n) is 13.1. The molecule has 1 aromatic carbocycles. The number of carboxylic acids is 1. The van der Waals surface area contributed by atoms with Crippen LogP contribution in [0, 0.1) is 24.7 Å². The molecule has 5 nitrogen and oxygen atoms in total. The van der Waals surface area contributed by atoms with Crippen LogP contribution in [0.5, 0.6) is 5.75 Å². The number of rotatable bonds is 12. The summed E-state index contributed by atoms with van der Waals surface area (Å²) in [6.45, 7) is 14.2. The number of aryl methyl sites for hydroxylation is 1. The topological polar surface area (TPSA) is 72.8 Å². The van der Waals surface area contributed by atoms with Crippen molar-refractivity contribution in [2.75, 3.05) is 19.6 Å². The lowest BCUT2D eigenvalue weighted by Gasteiger charge is -2.52. The predicted octanol–water partition coefficient (Wildman–Crippen LogP) is 5.34. The van der Waals surface area contributed by atoms with Crippen LogP contribution in [-0.4, -0.2) is 52.8 Å². The van der Waals surface area contributed by atoms with Crippen LogP contribution in [0.4, 0.5) is 0 Å². The van der Waals surface area contributed by atoms with Crippen molar-refractivity contribution in [3.63, 3.8) is 0 Å². The Labute approximate surface area is 201 Å². The molecule has 2 unspecified atom stereocenters. The summed E-state index contributed by atoms with van der Waals surface area (Å²) < 4.78 is 0. The maximum Gasteiger partial charge on any atom is 0.320 e. The van der Waals surface area contributed by atoms with Crippen LogP contribution in [0.15, 0.2) is 18.2 Å². The molecule has 0 aromatic heterocycles. The summed E-state index contributed by atoms with van der Waals surface area (Å²) in [4.78, 5) is 14.2. The zero-order valence-electron chi connectivity index (χ0n) is 21.4. The Kier molecular flexibility index (Phi) is 8.85. The largest absolute Gasteiger partial charge is 0.508 e. The summed E-state index contributed by atoms with van der Waals surface area (Å²) in [6.07, 6.45) is 7.64. The van der Waals surface area contributed by atoms with Gasteiger partial charge in [-0.15, -0.1) is 0 Å². The molecule has 1 aliphatic carbocycles. The van der Waals surface area contributed by atoms with Gasteiger partial charge in [0.25, 0.3) is 0 Å². The average molecular weight is 459 g/mol. The number of carboxylic acid groups (broad SMARTS) is 1. The third-order valence-corrected chi connectivity index (χ3v) is 8.41. The van der Waals surface area contributed by atoms with Crippen LogP contribution in [-0.2, 0) is 10.2 Å². The van der Waals surface area contributed by atoms with Crippen molar-refractivity contribution in [3.05, 3.63) is 29.3 Å². The van der Waals surface area contributed by atoms with Crippen molar-refractivity contribution in [1.29, 1.82) is 0 Å². The van der Waals surface area contributed by atoms with E-state index in [9.17, 15) is 15.0 Å². The van der Waals surface area contributed by atoms with E-state index in [1.54, 1.807) is 6.07 Å². The lowest BCUT2D eigenvalue weighted by atomic mass is 9.60. The van der Waals surface area contributed by atoms with Gasteiger partial charge in [-0.05, 0) is 106 Å². The minimum Gasteiger partial charge on any atom is -0.508 e. The Hall–Kier alpha value is -1.59. The number of phenols is 1. The minimum absolute atomic E-state index is 0.0480. The molecule has 186 valence electrons. The second-order valence-corrected chi connectivity index (χ2v) is 11.3. The van der Waals surface area contributed by atoms with Crippen molar-refractivity contribution in [2.24, 2.45) is 17.8 Å². The van der Waals surface area contributed by atoms with Gasteiger partial charge in [0.15, 0.2) is 0 Å². The van der Waals surface area contributed by atoms with E-state index in [-0.39, 0.29) is 5.41 Å². The van der Waals surface area contributed by atoms with E-state index >= 15 is 0 Å². The molecule has 1 saturated heterocycles. The number of piperidine rings is 1.